The van der Waals surface area contributed by atoms with Gasteiger partial charge in [-0.05, 0) is 62.4 Å². The number of piperidine rings is 1. The summed E-state index contributed by atoms with van der Waals surface area (Å²) in [4.78, 5) is 14.4. The van der Waals surface area contributed by atoms with Crippen LogP contribution in [0.4, 0.5) is 5.69 Å². The van der Waals surface area contributed by atoms with Crippen LogP contribution in [0.25, 0.3) is 0 Å². The number of amides is 1. The maximum Gasteiger partial charge on any atom is 0.224 e. The summed E-state index contributed by atoms with van der Waals surface area (Å²) in [5.74, 6) is 0.935. The van der Waals surface area contributed by atoms with Gasteiger partial charge in [0.25, 0.3) is 0 Å². The van der Waals surface area contributed by atoms with Crippen LogP contribution >= 0.6 is 24.8 Å². The smallest absolute Gasteiger partial charge is 0.224 e. The van der Waals surface area contributed by atoms with Crippen molar-refractivity contribution in [3.8, 4) is 0 Å². The third-order valence-corrected chi connectivity index (χ3v) is 4.31. The fraction of sp³-hybridized carbons (Fsp3) is 0.611. The number of anilines is 1. The van der Waals surface area contributed by atoms with Gasteiger partial charge in [0.15, 0.2) is 0 Å². The van der Waals surface area contributed by atoms with Crippen molar-refractivity contribution in [1.82, 2.24) is 10.2 Å². The minimum atomic E-state index is 0. The number of nitrogens with two attached hydrogens (primary N) is 1. The fourth-order valence-corrected chi connectivity index (χ4v) is 3.06. The van der Waals surface area contributed by atoms with Gasteiger partial charge in [0.1, 0.15) is 0 Å². The van der Waals surface area contributed by atoms with E-state index in [1.165, 1.54) is 25.9 Å². The fourth-order valence-electron chi connectivity index (χ4n) is 3.06. The molecule has 138 valence electrons. The molecule has 1 aliphatic rings. The predicted molar refractivity (Wildman–Crippen MR) is 106 cm³/mol. The molecule has 0 aliphatic carbocycles. The van der Waals surface area contributed by atoms with Crippen molar-refractivity contribution in [3.63, 3.8) is 0 Å². The Morgan fingerprint density at radius 1 is 1.25 bits per heavy atom. The number of nitrogen functional groups attached to an aromatic ring is 1. The first-order chi connectivity index (χ1) is 10.6. The summed E-state index contributed by atoms with van der Waals surface area (Å²) in [6.07, 6.45) is 5.36. The summed E-state index contributed by atoms with van der Waals surface area (Å²) in [6, 6.07) is 7.49. The van der Waals surface area contributed by atoms with Crippen LogP contribution in [0.2, 0.25) is 0 Å². The summed E-state index contributed by atoms with van der Waals surface area (Å²) < 4.78 is 0. The Morgan fingerprint density at radius 3 is 2.62 bits per heavy atom. The van der Waals surface area contributed by atoms with Crippen molar-refractivity contribution < 1.29 is 4.79 Å². The lowest BCUT2D eigenvalue weighted by atomic mass is 10.0. The van der Waals surface area contributed by atoms with E-state index < -0.39 is 0 Å². The monoisotopic (exact) mass is 375 g/mol. The van der Waals surface area contributed by atoms with Crippen molar-refractivity contribution in [2.24, 2.45) is 5.92 Å². The number of carbonyl (C=O) groups is 1. The lowest BCUT2D eigenvalue weighted by molar-refractivity contribution is -0.120. The third-order valence-electron chi connectivity index (χ3n) is 4.31. The number of rotatable bonds is 7. The second-order valence-corrected chi connectivity index (χ2v) is 6.52. The summed E-state index contributed by atoms with van der Waals surface area (Å²) in [6.45, 7) is 6.76. The second kappa shape index (κ2) is 12.4. The molecule has 0 radical (unpaired) electrons. The molecule has 0 bridgehead atoms. The zero-order valence-electron chi connectivity index (χ0n) is 14.5. The van der Waals surface area contributed by atoms with Crippen LogP contribution in [-0.2, 0) is 11.2 Å². The largest absolute Gasteiger partial charge is 0.399 e. The van der Waals surface area contributed by atoms with E-state index >= 15 is 0 Å². The van der Waals surface area contributed by atoms with Crippen molar-refractivity contribution in [2.45, 2.75) is 39.0 Å². The third kappa shape index (κ3) is 8.76. The Kier molecular flexibility index (Phi) is 11.9. The summed E-state index contributed by atoms with van der Waals surface area (Å²) in [5.41, 5.74) is 7.38. The molecule has 1 heterocycles. The van der Waals surface area contributed by atoms with E-state index in [9.17, 15) is 4.79 Å². The molecule has 24 heavy (non-hydrogen) atoms. The van der Waals surface area contributed by atoms with Crippen LogP contribution in [0.5, 0.6) is 0 Å². The average molecular weight is 376 g/mol. The molecular formula is C18H31Cl2N3O. The van der Waals surface area contributed by atoms with Crippen molar-refractivity contribution in [2.75, 3.05) is 31.9 Å². The van der Waals surface area contributed by atoms with Gasteiger partial charge in [0, 0.05) is 18.8 Å². The van der Waals surface area contributed by atoms with Crippen LogP contribution in [0, 0.1) is 5.92 Å². The first-order valence-electron chi connectivity index (χ1n) is 8.47. The molecule has 1 fully saturated rings. The highest BCUT2D eigenvalue weighted by Crippen LogP contribution is 2.15. The molecule has 0 aromatic heterocycles. The number of nitrogens with one attached hydrogen (secondary N) is 1. The molecule has 0 spiro atoms. The highest BCUT2D eigenvalue weighted by Gasteiger charge is 2.15. The summed E-state index contributed by atoms with van der Waals surface area (Å²) >= 11 is 0. The predicted octanol–water partition coefficient (Wildman–Crippen LogP) is 3.28. The molecule has 3 N–H and O–H groups in total. The van der Waals surface area contributed by atoms with Crippen LogP contribution in [0.3, 0.4) is 0 Å². The first kappa shape index (κ1) is 23.0. The molecule has 0 saturated carbocycles. The van der Waals surface area contributed by atoms with E-state index in [1.54, 1.807) is 0 Å². The topological polar surface area (TPSA) is 58.4 Å². The number of carbonyl (C=O) groups excluding carboxylic acids is 1. The lowest BCUT2D eigenvalue weighted by Crippen LogP contribution is -2.35. The van der Waals surface area contributed by atoms with Gasteiger partial charge >= 0.3 is 0 Å². The van der Waals surface area contributed by atoms with Gasteiger partial charge in [-0.1, -0.05) is 19.1 Å². The van der Waals surface area contributed by atoms with Gasteiger partial charge in [0.2, 0.25) is 5.91 Å². The highest BCUT2D eigenvalue weighted by molar-refractivity contribution is 5.85. The van der Waals surface area contributed by atoms with E-state index in [2.05, 4.69) is 17.1 Å². The zero-order chi connectivity index (χ0) is 15.8. The van der Waals surface area contributed by atoms with Crippen molar-refractivity contribution in [3.05, 3.63) is 29.8 Å². The number of hydrogen-bond acceptors (Lipinski definition) is 3. The number of unbranched alkanes of at least 4 members (excludes halogenated alkanes) is 1. The Hall–Kier alpha value is -0.970. The van der Waals surface area contributed by atoms with Gasteiger partial charge in [-0.25, -0.2) is 0 Å². The van der Waals surface area contributed by atoms with Crippen molar-refractivity contribution in [1.29, 1.82) is 0 Å². The SMILES string of the molecule is CC1CCCN(CCCCNC(=O)Cc2ccc(N)cc2)C1.Cl.Cl. The average Bonchev–Trinajstić information content (AvgIpc) is 2.49. The normalized spacial score (nSPS) is 17.5. The maximum absolute atomic E-state index is 11.9. The maximum atomic E-state index is 11.9. The quantitative estimate of drug-likeness (QED) is 0.567. The van der Waals surface area contributed by atoms with Gasteiger partial charge in [0.05, 0.1) is 6.42 Å². The number of benzene rings is 1. The number of likely N-dealkylation sites (tertiary alicyclic amines) is 1. The molecule has 1 saturated heterocycles. The molecule has 1 atom stereocenters. The Labute approximate surface area is 158 Å². The van der Waals surface area contributed by atoms with Crippen LogP contribution in [0.15, 0.2) is 24.3 Å². The van der Waals surface area contributed by atoms with E-state index in [-0.39, 0.29) is 30.7 Å². The first-order valence-corrected chi connectivity index (χ1v) is 8.47. The minimum absolute atomic E-state index is 0. The van der Waals surface area contributed by atoms with Crippen LogP contribution in [-0.4, -0.2) is 37.0 Å². The Bertz CT molecular complexity index is 468. The van der Waals surface area contributed by atoms with Crippen molar-refractivity contribution >= 4 is 36.4 Å². The number of hydrogen-bond donors (Lipinski definition) is 2. The summed E-state index contributed by atoms with van der Waals surface area (Å²) in [7, 11) is 0. The molecule has 2 rings (SSSR count). The van der Waals surface area contributed by atoms with Gasteiger partial charge in [-0.3, -0.25) is 4.79 Å². The van der Waals surface area contributed by atoms with Crippen LogP contribution in [0.1, 0.15) is 38.2 Å². The van der Waals surface area contributed by atoms with E-state index in [0.717, 1.165) is 43.1 Å². The highest BCUT2D eigenvalue weighted by atomic mass is 35.5. The molecule has 1 amide bonds. The number of halogens is 2. The van der Waals surface area contributed by atoms with E-state index in [0.29, 0.717) is 6.42 Å². The lowest BCUT2D eigenvalue weighted by Gasteiger charge is -2.30. The molecular weight excluding hydrogens is 345 g/mol. The van der Waals surface area contributed by atoms with E-state index in [1.807, 2.05) is 24.3 Å². The Balaban J connectivity index is 0.00000264. The van der Waals surface area contributed by atoms with Gasteiger partial charge in [-0.15, -0.1) is 24.8 Å². The van der Waals surface area contributed by atoms with E-state index in [4.69, 9.17) is 5.73 Å². The van der Waals surface area contributed by atoms with Crippen LogP contribution < -0.4 is 11.1 Å². The second-order valence-electron chi connectivity index (χ2n) is 6.52. The summed E-state index contributed by atoms with van der Waals surface area (Å²) in [5, 5.41) is 3.00. The minimum Gasteiger partial charge on any atom is -0.399 e. The zero-order valence-corrected chi connectivity index (χ0v) is 16.1. The molecule has 1 aromatic carbocycles. The molecule has 1 aromatic rings. The molecule has 1 aliphatic heterocycles. The molecule has 6 heteroatoms. The molecule has 1 unspecified atom stereocenters. The standard InChI is InChI=1S/C18H29N3O.2ClH/c1-15-5-4-12-21(14-15)11-3-2-10-20-18(22)13-16-6-8-17(19)9-7-16;;/h6-9,15H,2-5,10-14,19H2,1H3,(H,20,22);2*1H. The Morgan fingerprint density at radius 2 is 1.96 bits per heavy atom. The van der Waals surface area contributed by atoms with Gasteiger partial charge in [-0.2, -0.15) is 0 Å². The number of nitrogens with zero attached hydrogens (tertiary/aromatic N) is 1. The van der Waals surface area contributed by atoms with Gasteiger partial charge < -0.3 is 16.0 Å². The molecule has 4 nitrogen and oxygen atoms in total.